The highest BCUT2D eigenvalue weighted by atomic mass is 19.2. The van der Waals surface area contributed by atoms with Crippen molar-refractivity contribution in [2.75, 3.05) is 12.8 Å². The van der Waals surface area contributed by atoms with Gasteiger partial charge < -0.3 is 10.6 Å². The molecule has 2 aromatic carbocycles. The van der Waals surface area contributed by atoms with Crippen LogP contribution in [0.2, 0.25) is 0 Å². The van der Waals surface area contributed by atoms with Gasteiger partial charge in [-0.25, -0.2) is 8.78 Å². The Morgan fingerprint density at radius 2 is 1.90 bits per heavy atom. The summed E-state index contributed by atoms with van der Waals surface area (Å²) in [6, 6.07) is 8.81. The van der Waals surface area contributed by atoms with E-state index in [1.54, 1.807) is 32.2 Å². The highest BCUT2D eigenvalue weighted by Gasteiger charge is 2.17. The van der Waals surface area contributed by atoms with E-state index < -0.39 is 11.6 Å². The van der Waals surface area contributed by atoms with Crippen LogP contribution >= 0.6 is 0 Å². The van der Waals surface area contributed by atoms with Crippen molar-refractivity contribution in [3.8, 4) is 0 Å². The third-order valence-corrected chi connectivity index (χ3v) is 3.27. The highest BCUT2D eigenvalue weighted by Crippen LogP contribution is 2.19. The van der Waals surface area contributed by atoms with Crippen molar-refractivity contribution in [2.45, 2.75) is 13.5 Å². The van der Waals surface area contributed by atoms with E-state index in [1.165, 1.54) is 11.0 Å². The lowest BCUT2D eigenvalue weighted by Crippen LogP contribution is -2.27. The molecule has 5 heteroatoms. The molecule has 0 unspecified atom stereocenters. The van der Waals surface area contributed by atoms with Crippen LogP contribution in [0.3, 0.4) is 0 Å². The van der Waals surface area contributed by atoms with Gasteiger partial charge in [0.05, 0.1) is 5.56 Å². The maximum Gasteiger partial charge on any atom is 0.256 e. The molecule has 0 heterocycles. The molecule has 0 radical (unpaired) electrons. The monoisotopic (exact) mass is 290 g/mol. The first kappa shape index (κ1) is 15.0. The minimum atomic E-state index is -0.927. The number of carbonyl (C=O) groups is 1. The third kappa shape index (κ3) is 3.18. The number of nitrogens with zero attached hydrogens (tertiary/aromatic N) is 1. The van der Waals surface area contributed by atoms with Crippen molar-refractivity contribution in [3.63, 3.8) is 0 Å². The molecule has 0 bridgehead atoms. The molecule has 0 aliphatic carbocycles. The van der Waals surface area contributed by atoms with Crippen molar-refractivity contribution in [3.05, 3.63) is 64.7 Å². The van der Waals surface area contributed by atoms with E-state index in [4.69, 9.17) is 5.73 Å². The van der Waals surface area contributed by atoms with Gasteiger partial charge in [-0.2, -0.15) is 0 Å². The number of carbonyl (C=O) groups excluding carboxylic acids is 1. The normalized spacial score (nSPS) is 10.5. The molecule has 2 aromatic rings. The van der Waals surface area contributed by atoms with Crippen LogP contribution in [0, 0.1) is 18.6 Å². The SMILES string of the molecule is Cc1cccc(N)c1C(=O)N(C)Cc1ccc(F)c(F)c1. The Balaban J connectivity index is 2.21. The van der Waals surface area contributed by atoms with Gasteiger partial charge in [0.15, 0.2) is 11.6 Å². The fourth-order valence-electron chi connectivity index (χ4n) is 2.16. The van der Waals surface area contributed by atoms with E-state index in [9.17, 15) is 13.6 Å². The molecule has 0 saturated carbocycles. The maximum absolute atomic E-state index is 13.2. The Bertz CT molecular complexity index is 666. The van der Waals surface area contributed by atoms with Gasteiger partial charge in [-0.3, -0.25) is 4.79 Å². The molecular formula is C16H16F2N2O. The van der Waals surface area contributed by atoms with Gasteiger partial charge in [-0.15, -0.1) is 0 Å². The Labute approximate surface area is 122 Å². The second-order valence-electron chi connectivity index (χ2n) is 4.95. The van der Waals surface area contributed by atoms with Crippen LogP contribution in [0.5, 0.6) is 0 Å². The molecule has 2 N–H and O–H groups in total. The van der Waals surface area contributed by atoms with Crippen LogP contribution in [0.25, 0.3) is 0 Å². The summed E-state index contributed by atoms with van der Waals surface area (Å²) >= 11 is 0. The highest BCUT2D eigenvalue weighted by molar-refractivity contribution is 6.00. The molecular weight excluding hydrogens is 274 g/mol. The minimum absolute atomic E-state index is 0.170. The van der Waals surface area contributed by atoms with Gasteiger partial charge >= 0.3 is 0 Å². The zero-order valence-electron chi connectivity index (χ0n) is 11.9. The van der Waals surface area contributed by atoms with Gasteiger partial charge in [-0.1, -0.05) is 18.2 Å². The van der Waals surface area contributed by atoms with Gasteiger partial charge in [0.25, 0.3) is 5.91 Å². The standard InChI is InChI=1S/C16H16F2N2O/c1-10-4-3-5-14(19)15(10)16(21)20(2)9-11-6-7-12(17)13(18)8-11/h3-8H,9,19H2,1-2H3. The molecule has 0 aromatic heterocycles. The first-order valence-corrected chi connectivity index (χ1v) is 6.44. The molecule has 110 valence electrons. The van der Waals surface area contributed by atoms with Crippen molar-refractivity contribution in [1.82, 2.24) is 4.90 Å². The zero-order chi connectivity index (χ0) is 15.6. The fraction of sp³-hybridized carbons (Fsp3) is 0.188. The first-order valence-electron chi connectivity index (χ1n) is 6.44. The lowest BCUT2D eigenvalue weighted by Gasteiger charge is -2.19. The average Bonchev–Trinajstić information content (AvgIpc) is 2.42. The van der Waals surface area contributed by atoms with Gasteiger partial charge in [0.1, 0.15) is 0 Å². The molecule has 0 saturated heterocycles. The largest absolute Gasteiger partial charge is 0.398 e. The molecule has 2 rings (SSSR count). The smallest absolute Gasteiger partial charge is 0.256 e. The van der Waals surface area contributed by atoms with Crippen molar-refractivity contribution < 1.29 is 13.6 Å². The summed E-state index contributed by atoms with van der Waals surface area (Å²) in [4.78, 5) is 13.8. The average molecular weight is 290 g/mol. The van der Waals surface area contributed by atoms with E-state index in [2.05, 4.69) is 0 Å². The Morgan fingerprint density at radius 1 is 1.19 bits per heavy atom. The third-order valence-electron chi connectivity index (χ3n) is 3.27. The van der Waals surface area contributed by atoms with E-state index in [0.29, 0.717) is 16.8 Å². The van der Waals surface area contributed by atoms with Crippen molar-refractivity contribution >= 4 is 11.6 Å². The molecule has 0 atom stereocenters. The Kier molecular flexibility index (Phi) is 4.21. The molecule has 0 aliphatic heterocycles. The Hall–Kier alpha value is -2.43. The zero-order valence-corrected chi connectivity index (χ0v) is 11.9. The summed E-state index contributed by atoms with van der Waals surface area (Å²) in [5, 5.41) is 0. The predicted octanol–water partition coefficient (Wildman–Crippen LogP) is 3.13. The fourth-order valence-corrected chi connectivity index (χ4v) is 2.16. The van der Waals surface area contributed by atoms with Gasteiger partial charge in [0, 0.05) is 19.3 Å². The quantitative estimate of drug-likeness (QED) is 0.883. The number of halogens is 2. The van der Waals surface area contributed by atoms with E-state index in [1.807, 2.05) is 0 Å². The number of benzene rings is 2. The molecule has 0 fully saturated rings. The van der Waals surface area contributed by atoms with Crippen LogP contribution < -0.4 is 5.73 Å². The van der Waals surface area contributed by atoms with Crippen molar-refractivity contribution in [2.24, 2.45) is 0 Å². The second kappa shape index (κ2) is 5.91. The number of nitrogens with two attached hydrogens (primary N) is 1. The number of hydrogen-bond donors (Lipinski definition) is 1. The summed E-state index contributed by atoms with van der Waals surface area (Å²) in [6.07, 6.45) is 0. The molecule has 0 aliphatic rings. The molecule has 0 spiro atoms. The molecule has 1 amide bonds. The number of anilines is 1. The maximum atomic E-state index is 13.2. The number of hydrogen-bond acceptors (Lipinski definition) is 2. The van der Waals surface area contributed by atoms with E-state index in [-0.39, 0.29) is 12.5 Å². The molecule has 21 heavy (non-hydrogen) atoms. The summed E-state index contributed by atoms with van der Waals surface area (Å²) in [6.45, 7) is 1.97. The van der Waals surface area contributed by atoms with Gasteiger partial charge in [-0.05, 0) is 36.2 Å². The summed E-state index contributed by atoms with van der Waals surface area (Å²) in [5.74, 6) is -2.09. The van der Waals surface area contributed by atoms with Crippen LogP contribution in [0.15, 0.2) is 36.4 Å². The summed E-state index contributed by atoms with van der Waals surface area (Å²) < 4.78 is 26.1. The van der Waals surface area contributed by atoms with Crippen LogP contribution in [-0.2, 0) is 6.54 Å². The number of amides is 1. The summed E-state index contributed by atoms with van der Waals surface area (Å²) in [7, 11) is 1.59. The predicted molar refractivity (Wildman–Crippen MR) is 77.7 cm³/mol. The topological polar surface area (TPSA) is 46.3 Å². The number of aryl methyl sites for hydroxylation is 1. The van der Waals surface area contributed by atoms with Crippen LogP contribution in [0.1, 0.15) is 21.5 Å². The van der Waals surface area contributed by atoms with Crippen molar-refractivity contribution in [1.29, 1.82) is 0 Å². The van der Waals surface area contributed by atoms with Crippen LogP contribution in [-0.4, -0.2) is 17.9 Å². The lowest BCUT2D eigenvalue weighted by atomic mass is 10.1. The van der Waals surface area contributed by atoms with Crippen LogP contribution in [0.4, 0.5) is 14.5 Å². The second-order valence-corrected chi connectivity index (χ2v) is 4.95. The first-order chi connectivity index (χ1) is 9.90. The lowest BCUT2D eigenvalue weighted by molar-refractivity contribution is 0.0785. The van der Waals surface area contributed by atoms with Gasteiger partial charge in [0.2, 0.25) is 0 Å². The summed E-state index contributed by atoms with van der Waals surface area (Å²) in [5.41, 5.74) is 7.96. The number of rotatable bonds is 3. The molecule has 3 nitrogen and oxygen atoms in total. The van der Waals surface area contributed by atoms with E-state index >= 15 is 0 Å². The Morgan fingerprint density at radius 3 is 2.52 bits per heavy atom. The number of nitrogen functional groups attached to an aromatic ring is 1. The minimum Gasteiger partial charge on any atom is -0.398 e. The van der Waals surface area contributed by atoms with E-state index in [0.717, 1.165) is 17.7 Å².